The van der Waals surface area contributed by atoms with Gasteiger partial charge in [-0.15, -0.1) is 0 Å². The van der Waals surface area contributed by atoms with Crippen LogP contribution in [0.25, 0.3) is 0 Å². The fourth-order valence-corrected chi connectivity index (χ4v) is 2.99. The molecule has 0 atom stereocenters. The lowest BCUT2D eigenvalue weighted by molar-refractivity contribution is 0.0594. The van der Waals surface area contributed by atoms with Gasteiger partial charge in [-0.25, -0.2) is 4.79 Å². The number of aromatic nitrogens is 2. The molecule has 7 nitrogen and oxygen atoms in total. The Morgan fingerprint density at radius 3 is 2.72 bits per heavy atom. The van der Waals surface area contributed by atoms with Gasteiger partial charge >= 0.3 is 5.97 Å². The molecule has 0 fully saturated rings. The summed E-state index contributed by atoms with van der Waals surface area (Å²) >= 11 is 5.96. The standard InChI is InChI=1S/C21H20ClN3O4/c1-13-9-16(22)7-8-18(13)29-12-14-5-4-6-15(10-14)20(26)23-17-11-25(2)24-19(17)21(27)28-3/h4-11H,12H2,1-3H3,(H,23,26). The van der Waals surface area contributed by atoms with Gasteiger partial charge in [0.2, 0.25) is 0 Å². The number of ether oxygens (including phenoxy) is 2. The molecule has 0 unspecified atom stereocenters. The molecular weight excluding hydrogens is 394 g/mol. The lowest BCUT2D eigenvalue weighted by Gasteiger charge is -2.10. The van der Waals surface area contributed by atoms with Crippen LogP contribution in [0.4, 0.5) is 5.69 Å². The van der Waals surface area contributed by atoms with Crippen LogP contribution in [0.1, 0.15) is 32.0 Å². The summed E-state index contributed by atoms with van der Waals surface area (Å²) in [7, 11) is 2.91. The molecule has 0 aliphatic heterocycles. The molecule has 29 heavy (non-hydrogen) atoms. The number of rotatable bonds is 6. The van der Waals surface area contributed by atoms with Crippen LogP contribution in [-0.2, 0) is 18.4 Å². The first kappa shape index (κ1) is 20.4. The molecule has 1 N–H and O–H groups in total. The van der Waals surface area contributed by atoms with Crippen molar-refractivity contribution in [2.75, 3.05) is 12.4 Å². The van der Waals surface area contributed by atoms with Gasteiger partial charge in [-0.1, -0.05) is 23.7 Å². The van der Waals surface area contributed by atoms with Crippen molar-refractivity contribution in [1.29, 1.82) is 0 Å². The number of hydrogen-bond acceptors (Lipinski definition) is 5. The zero-order valence-electron chi connectivity index (χ0n) is 16.2. The second-order valence-corrected chi connectivity index (χ2v) is 6.85. The number of nitrogens with zero attached hydrogens (tertiary/aromatic N) is 2. The van der Waals surface area contributed by atoms with Crippen molar-refractivity contribution in [3.63, 3.8) is 0 Å². The molecule has 0 aliphatic carbocycles. The summed E-state index contributed by atoms with van der Waals surface area (Å²) in [6.45, 7) is 2.21. The van der Waals surface area contributed by atoms with Crippen molar-refractivity contribution < 1.29 is 19.1 Å². The molecule has 0 spiro atoms. The van der Waals surface area contributed by atoms with E-state index in [0.29, 0.717) is 17.2 Å². The van der Waals surface area contributed by atoms with E-state index in [4.69, 9.17) is 21.1 Å². The lowest BCUT2D eigenvalue weighted by atomic mass is 10.1. The summed E-state index contributed by atoms with van der Waals surface area (Å²) < 4.78 is 12.0. The van der Waals surface area contributed by atoms with Crippen molar-refractivity contribution in [2.45, 2.75) is 13.5 Å². The number of carbonyl (C=O) groups is 2. The van der Waals surface area contributed by atoms with Crippen LogP contribution >= 0.6 is 11.6 Å². The second kappa shape index (κ2) is 8.79. The smallest absolute Gasteiger partial charge is 0.360 e. The number of benzene rings is 2. The van der Waals surface area contributed by atoms with Crippen LogP contribution in [0.5, 0.6) is 5.75 Å². The van der Waals surface area contributed by atoms with Crippen molar-refractivity contribution in [3.8, 4) is 5.75 Å². The lowest BCUT2D eigenvalue weighted by Crippen LogP contribution is -2.15. The van der Waals surface area contributed by atoms with Crippen molar-refractivity contribution >= 4 is 29.2 Å². The van der Waals surface area contributed by atoms with Crippen LogP contribution < -0.4 is 10.1 Å². The van der Waals surface area contributed by atoms with Crippen LogP contribution in [0.2, 0.25) is 5.02 Å². The maximum atomic E-state index is 12.6. The summed E-state index contributed by atoms with van der Waals surface area (Å²) in [4.78, 5) is 24.5. The van der Waals surface area contributed by atoms with Crippen LogP contribution in [-0.4, -0.2) is 28.8 Å². The van der Waals surface area contributed by atoms with Gasteiger partial charge in [0.1, 0.15) is 12.4 Å². The van der Waals surface area contributed by atoms with Crippen molar-refractivity contribution in [2.24, 2.45) is 7.05 Å². The first-order chi connectivity index (χ1) is 13.9. The van der Waals surface area contributed by atoms with Gasteiger partial charge in [0.05, 0.1) is 12.8 Å². The van der Waals surface area contributed by atoms with Crippen molar-refractivity contribution in [1.82, 2.24) is 9.78 Å². The van der Waals surface area contributed by atoms with Crippen LogP contribution in [0.3, 0.4) is 0 Å². The number of esters is 1. The minimum Gasteiger partial charge on any atom is -0.489 e. The minimum atomic E-state index is -0.624. The first-order valence-electron chi connectivity index (χ1n) is 8.78. The van der Waals surface area contributed by atoms with E-state index in [0.717, 1.165) is 16.9 Å². The summed E-state index contributed by atoms with van der Waals surface area (Å²) in [5, 5.41) is 7.37. The molecule has 8 heteroatoms. The molecule has 150 valence electrons. The summed E-state index contributed by atoms with van der Waals surface area (Å²) in [6.07, 6.45) is 1.54. The van der Waals surface area contributed by atoms with E-state index in [1.165, 1.54) is 11.8 Å². The molecular formula is C21H20ClN3O4. The Hall–Kier alpha value is -3.32. The predicted molar refractivity (Wildman–Crippen MR) is 109 cm³/mol. The fourth-order valence-electron chi connectivity index (χ4n) is 2.76. The Kier molecular flexibility index (Phi) is 6.19. The highest BCUT2D eigenvalue weighted by molar-refractivity contribution is 6.30. The van der Waals surface area contributed by atoms with Crippen LogP contribution in [0, 0.1) is 6.92 Å². The predicted octanol–water partition coefficient (Wildman–Crippen LogP) is 4.00. The Morgan fingerprint density at radius 2 is 2.00 bits per heavy atom. The monoisotopic (exact) mass is 413 g/mol. The number of methoxy groups -OCH3 is 1. The average molecular weight is 414 g/mol. The molecule has 2 aromatic carbocycles. The Bertz CT molecular complexity index is 1060. The number of carbonyl (C=O) groups excluding carboxylic acids is 2. The molecule has 0 radical (unpaired) electrons. The number of aryl methyl sites for hydroxylation is 2. The topological polar surface area (TPSA) is 82.5 Å². The highest BCUT2D eigenvalue weighted by Gasteiger charge is 2.19. The summed E-state index contributed by atoms with van der Waals surface area (Å²) in [5.74, 6) is -0.267. The molecule has 3 rings (SSSR count). The molecule has 3 aromatic rings. The van der Waals surface area contributed by atoms with Crippen molar-refractivity contribution in [3.05, 3.63) is 76.1 Å². The van der Waals surface area contributed by atoms with E-state index >= 15 is 0 Å². The van der Waals surface area contributed by atoms with E-state index < -0.39 is 5.97 Å². The number of halogens is 1. The zero-order valence-corrected chi connectivity index (χ0v) is 17.0. The molecule has 1 heterocycles. The summed E-state index contributed by atoms with van der Waals surface area (Å²) in [6, 6.07) is 12.5. The number of nitrogens with one attached hydrogen (secondary N) is 1. The van der Waals surface area contributed by atoms with E-state index in [1.54, 1.807) is 37.5 Å². The minimum absolute atomic E-state index is 0.0426. The first-order valence-corrected chi connectivity index (χ1v) is 9.16. The molecule has 0 saturated heterocycles. The summed E-state index contributed by atoms with van der Waals surface area (Å²) in [5.41, 5.74) is 2.51. The molecule has 1 amide bonds. The van der Waals surface area contributed by atoms with Gasteiger partial charge in [-0.05, 0) is 48.4 Å². The molecule has 1 aromatic heterocycles. The van der Waals surface area contributed by atoms with E-state index in [-0.39, 0.29) is 17.3 Å². The second-order valence-electron chi connectivity index (χ2n) is 6.41. The maximum absolute atomic E-state index is 12.6. The third-order valence-electron chi connectivity index (χ3n) is 4.18. The van der Waals surface area contributed by atoms with Gasteiger partial charge in [0.15, 0.2) is 5.69 Å². The Labute approximate surface area is 173 Å². The third kappa shape index (κ3) is 4.94. The van der Waals surface area contributed by atoms with Gasteiger partial charge in [-0.2, -0.15) is 5.10 Å². The Morgan fingerprint density at radius 1 is 1.21 bits per heavy atom. The fraction of sp³-hybridized carbons (Fsp3) is 0.190. The highest BCUT2D eigenvalue weighted by Crippen LogP contribution is 2.23. The third-order valence-corrected chi connectivity index (χ3v) is 4.41. The maximum Gasteiger partial charge on any atom is 0.360 e. The van der Waals surface area contributed by atoms with Gasteiger partial charge < -0.3 is 14.8 Å². The zero-order chi connectivity index (χ0) is 21.0. The molecule has 0 saturated carbocycles. The van der Waals surface area contributed by atoms with Gasteiger partial charge in [0.25, 0.3) is 5.91 Å². The van der Waals surface area contributed by atoms with E-state index in [2.05, 4.69) is 10.4 Å². The van der Waals surface area contributed by atoms with E-state index in [9.17, 15) is 9.59 Å². The SMILES string of the molecule is COC(=O)c1nn(C)cc1NC(=O)c1cccc(COc2ccc(Cl)cc2C)c1. The average Bonchev–Trinajstić information content (AvgIpc) is 3.07. The number of amides is 1. The number of hydrogen-bond donors (Lipinski definition) is 1. The largest absolute Gasteiger partial charge is 0.489 e. The molecule has 0 aliphatic rings. The normalized spacial score (nSPS) is 10.5. The van der Waals surface area contributed by atoms with Gasteiger partial charge in [0, 0.05) is 23.8 Å². The quantitative estimate of drug-likeness (QED) is 0.617. The highest BCUT2D eigenvalue weighted by atomic mass is 35.5. The number of anilines is 1. The molecule has 0 bridgehead atoms. The van der Waals surface area contributed by atoms with Crippen LogP contribution in [0.15, 0.2) is 48.7 Å². The van der Waals surface area contributed by atoms with Gasteiger partial charge in [-0.3, -0.25) is 9.48 Å². The Balaban J connectivity index is 1.72. The van der Waals surface area contributed by atoms with E-state index in [1.807, 2.05) is 25.1 Å².